The molecule has 0 bridgehead atoms. The molecule has 0 radical (unpaired) electrons. The summed E-state index contributed by atoms with van der Waals surface area (Å²) in [5.74, 6) is 0.592. The van der Waals surface area contributed by atoms with Gasteiger partial charge >= 0.3 is 0 Å². The predicted octanol–water partition coefficient (Wildman–Crippen LogP) is 2.69. The molecule has 1 saturated heterocycles. The first-order valence-electron chi connectivity index (χ1n) is 8.75. The second-order valence-corrected chi connectivity index (χ2v) is 6.41. The van der Waals surface area contributed by atoms with Crippen LogP contribution in [0.4, 0.5) is 0 Å². The molecule has 1 N–H and O–H groups in total. The Morgan fingerprint density at radius 3 is 2.57 bits per heavy atom. The summed E-state index contributed by atoms with van der Waals surface area (Å²) in [6, 6.07) is 12.9. The number of aliphatic hydroxyl groups excluding tert-OH is 1. The highest BCUT2D eigenvalue weighted by molar-refractivity contribution is 5.14. The number of likely N-dealkylation sites (tertiary alicyclic amines) is 1. The fourth-order valence-electron chi connectivity index (χ4n) is 3.58. The standard InChI is InChI=1S/C19H27N3O/c23-16-15-22-19(8-11-20-22)18-9-13-21(14-10-18)12-4-7-17-5-2-1-3-6-17/h1-3,5-6,8,11,18,23H,4,7,9-10,12-16H2. The van der Waals surface area contributed by atoms with Gasteiger partial charge in [0.2, 0.25) is 0 Å². The van der Waals surface area contributed by atoms with Gasteiger partial charge in [0.15, 0.2) is 0 Å². The largest absolute Gasteiger partial charge is 0.394 e. The molecule has 2 heterocycles. The van der Waals surface area contributed by atoms with Crippen molar-refractivity contribution in [3.05, 3.63) is 53.9 Å². The number of hydrogen-bond acceptors (Lipinski definition) is 3. The first-order chi connectivity index (χ1) is 11.4. The Balaban J connectivity index is 1.42. The molecule has 1 aliphatic rings. The fourth-order valence-corrected chi connectivity index (χ4v) is 3.58. The zero-order valence-corrected chi connectivity index (χ0v) is 13.8. The molecule has 4 heteroatoms. The van der Waals surface area contributed by atoms with Crippen LogP contribution in [0.2, 0.25) is 0 Å². The van der Waals surface area contributed by atoms with E-state index >= 15 is 0 Å². The van der Waals surface area contributed by atoms with Crippen LogP contribution in [0.15, 0.2) is 42.6 Å². The Labute approximate surface area is 138 Å². The molecule has 0 saturated carbocycles. The number of aromatic nitrogens is 2. The Morgan fingerprint density at radius 2 is 1.83 bits per heavy atom. The van der Waals surface area contributed by atoms with Gasteiger partial charge in [0.05, 0.1) is 13.2 Å². The topological polar surface area (TPSA) is 41.3 Å². The van der Waals surface area contributed by atoms with Gasteiger partial charge in [-0.3, -0.25) is 4.68 Å². The number of piperidine rings is 1. The third-order valence-electron chi connectivity index (χ3n) is 4.85. The van der Waals surface area contributed by atoms with Gasteiger partial charge in [-0.15, -0.1) is 0 Å². The molecular formula is C19H27N3O. The lowest BCUT2D eigenvalue weighted by atomic mass is 9.93. The maximum atomic E-state index is 9.12. The number of hydrogen-bond donors (Lipinski definition) is 1. The van der Waals surface area contributed by atoms with Crippen molar-refractivity contribution in [2.24, 2.45) is 0 Å². The van der Waals surface area contributed by atoms with Crippen molar-refractivity contribution < 1.29 is 5.11 Å². The minimum Gasteiger partial charge on any atom is -0.394 e. The molecule has 1 aliphatic heterocycles. The van der Waals surface area contributed by atoms with E-state index in [-0.39, 0.29) is 6.61 Å². The minimum absolute atomic E-state index is 0.160. The first-order valence-corrected chi connectivity index (χ1v) is 8.75. The van der Waals surface area contributed by atoms with Crippen LogP contribution in [0.25, 0.3) is 0 Å². The average molecular weight is 313 g/mol. The summed E-state index contributed by atoms with van der Waals surface area (Å²) >= 11 is 0. The normalized spacial score (nSPS) is 16.7. The van der Waals surface area contributed by atoms with Crippen LogP contribution in [-0.4, -0.2) is 46.0 Å². The van der Waals surface area contributed by atoms with Gasteiger partial charge in [0.1, 0.15) is 0 Å². The Hall–Kier alpha value is -1.65. The molecule has 3 rings (SSSR count). The smallest absolute Gasteiger partial charge is 0.0644 e. The van der Waals surface area contributed by atoms with Crippen molar-refractivity contribution in [1.29, 1.82) is 0 Å². The van der Waals surface area contributed by atoms with E-state index in [0.29, 0.717) is 12.5 Å². The maximum Gasteiger partial charge on any atom is 0.0644 e. The molecule has 0 spiro atoms. The summed E-state index contributed by atoms with van der Waals surface area (Å²) in [6.07, 6.45) is 6.66. The Kier molecular flexibility index (Phi) is 5.83. The second-order valence-electron chi connectivity index (χ2n) is 6.41. The summed E-state index contributed by atoms with van der Waals surface area (Å²) in [6.45, 7) is 4.30. The van der Waals surface area contributed by atoms with Crippen LogP contribution in [0.3, 0.4) is 0 Å². The van der Waals surface area contributed by atoms with E-state index in [1.165, 1.54) is 56.6 Å². The van der Waals surface area contributed by atoms with Crippen LogP contribution in [0, 0.1) is 0 Å². The van der Waals surface area contributed by atoms with Gasteiger partial charge in [-0.25, -0.2) is 0 Å². The van der Waals surface area contributed by atoms with Gasteiger partial charge in [0, 0.05) is 17.8 Å². The van der Waals surface area contributed by atoms with Crippen molar-refractivity contribution in [3.8, 4) is 0 Å². The molecule has 0 atom stereocenters. The summed E-state index contributed by atoms with van der Waals surface area (Å²) in [4.78, 5) is 2.59. The number of rotatable bonds is 7. The molecule has 1 aromatic carbocycles. The van der Waals surface area contributed by atoms with Crippen LogP contribution in [0.1, 0.15) is 36.4 Å². The van der Waals surface area contributed by atoms with Crippen LogP contribution < -0.4 is 0 Å². The van der Waals surface area contributed by atoms with Gasteiger partial charge in [-0.2, -0.15) is 5.10 Å². The lowest BCUT2D eigenvalue weighted by molar-refractivity contribution is 0.204. The van der Waals surface area contributed by atoms with E-state index in [1.54, 1.807) is 0 Å². The third-order valence-corrected chi connectivity index (χ3v) is 4.85. The molecule has 0 aliphatic carbocycles. The maximum absolute atomic E-state index is 9.12. The molecule has 0 unspecified atom stereocenters. The molecule has 124 valence electrons. The van der Waals surface area contributed by atoms with Crippen molar-refractivity contribution in [3.63, 3.8) is 0 Å². The summed E-state index contributed by atoms with van der Waals surface area (Å²) in [7, 11) is 0. The quantitative estimate of drug-likeness (QED) is 0.854. The monoisotopic (exact) mass is 313 g/mol. The molecule has 0 amide bonds. The Morgan fingerprint density at radius 1 is 1.04 bits per heavy atom. The highest BCUT2D eigenvalue weighted by atomic mass is 16.3. The second kappa shape index (κ2) is 8.27. The van der Waals surface area contributed by atoms with Gasteiger partial charge in [-0.05, 0) is 56.9 Å². The summed E-state index contributed by atoms with van der Waals surface area (Å²) < 4.78 is 1.97. The van der Waals surface area contributed by atoms with Crippen molar-refractivity contribution in [2.45, 2.75) is 38.1 Å². The lowest BCUT2D eigenvalue weighted by Gasteiger charge is -2.32. The average Bonchev–Trinajstić information content (AvgIpc) is 3.05. The van der Waals surface area contributed by atoms with Gasteiger partial charge in [0.25, 0.3) is 0 Å². The van der Waals surface area contributed by atoms with Crippen LogP contribution in [-0.2, 0) is 13.0 Å². The van der Waals surface area contributed by atoms with Crippen molar-refractivity contribution in [1.82, 2.24) is 14.7 Å². The highest BCUT2D eigenvalue weighted by Gasteiger charge is 2.22. The van der Waals surface area contributed by atoms with Crippen LogP contribution >= 0.6 is 0 Å². The number of nitrogens with zero attached hydrogens (tertiary/aromatic N) is 3. The number of aliphatic hydroxyl groups is 1. The van der Waals surface area contributed by atoms with Gasteiger partial charge < -0.3 is 10.0 Å². The minimum atomic E-state index is 0.160. The molecule has 23 heavy (non-hydrogen) atoms. The zero-order valence-electron chi connectivity index (χ0n) is 13.8. The third kappa shape index (κ3) is 4.43. The molecule has 1 fully saturated rings. The van der Waals surface area contributed by atoms with E-state index in [9.17, 15) is 0 Å². The number of benzene rings is 1. The first kappa shape index (κ1) is 16.2. The zero-order chi connectivity index (χ0) is 15.9. The lowest BCUT2D eigenvalue weighted by Crippen LogP contribution is -2.34. The Bertz CT molecular complexity index is 573. The van der Waals surface area contributed by atoms with E-state index in [2.05, 4.69) is 46.4 Å². The summed E-state index contributed by atoms with van der Waals surface area (Å²) in [5, 5.41) is 13.5. The SMILES string of the molecule is OCCn1nccc1C1CCN(CCCc2ccccc2)CC1. The summed E-state index contributed by atoms with van der Waals surface area (Å²) in [5.41, 5.74) is 2.73. The van der Waals surface area contributed by atoms with Crippen LogP contribution in [0.5, 0.6) is 0 Å². The number of aryl methyl sites for hydroxylation is 1. The van der Waals surface area contributed by atoms with Crippen molar-refractivity contribution >= 4 is 0 Å². The fraction of sp³-hybridized carbons (Fsp3) is 0.526. The molecule has 2 aromatic rings. The van der Waals surface area contributed by atoms with E-state index in [0.717, 1.165) is 0 Å². The highest BCUT2D eigenvalue weighted by Crippen LogP contribution is 2.27. The van der Waals surface area contributed by atoms with E-state index < -0.39 is 0 Å². The molecule has 1 aromatic heterocycles. The van der Waals surface area contributed by atoms with Gasteiger partial charge in [-0.1, -0.05) is 30.3 Å². The predicted molar refractivity (Wildman–Crippen MR) is 92.5 cm³/mol. The molecular weight excluding hydrogens is 286 g/mol. The van der Waals surface area contributed by atoms with Crippen molar-refractivity contribution in [2.75, 3.05) is 26.2 Å². The van der Waals surface area contributed by atoms with E-state index in [4.69, 9.17) is 5.11 Å². The molecule has 4 nitrogen and oxygen atoms in total. The van der Waals surface area contributed by atoms with E-state index in [1.807, 2.05) is 10.9 Å².